The molecule has 0 aliphatic heterocycles. The molecule has 0 atom stereocenters. The third-order valence-electron chi connectivity index (χ3n) is 8.27. The average molecular weight is 563 g/mol. The lowest BCUT2D eigenvalue weighted by atomic mass is 9.93. The molecule has 0 saturated heterocycles. The molecule has 230 valence electrons. The summed E-state index contributed by atoms with van der Waals surface area (Å²) >= 11 is 0. The minimum absolute atomic E-state index is 0.410. The van der Waals surface area contributed by atoms with Crippen LogP contribution >= 0.6 is 0 Å². The van der Waals surface area contributed by atoms with E-state index in [4.69, 9.17) is 9.73 Å². The van der Waals surface area contributed by atoms with Crippen LogP contribution in [0.25, 0.3) is 0 Å². The number of unbranched alkanes of at least 4 members (excludes halogenated alkanes) is 12. The van der Waals surface area contributed by atoms with E-state index in [1.807, 2.05) is 0 Å². The van der Waals surface area contributed by atoms with Gasteiger partial charge in [-0.15, -0.1) is 0 Å². The third kappa shape index (κ3) is 12.6. The van der Waals surface area contributed by atoms with Crippen LogP contribution in [0, 0.1) is 0 Å². The summed E-state index contributed by atoms with van der Waals surface area (Å²) in [5.74, 6) is 0.820. The van der Waals surface area contributed by atoms with Crippen LogP contribution in [0.1, 0.15) is 166 Å². The molecule has 0 aromatic heterocycles. The van der Waals surface area contributed by atoms with Gasteiger partial charge >= 0.3 is 0 Å². The monoisotopic (exact) mass is 562 g/mol. The number of nitrogens with one attached hydrogen (secondary N) is 1. The lowest BCUT2D eigenvalue weighted by Gasteiger charge is -2.22. The van der Waals surface area contributed by atoms with Crippen LogP contribution in [-0.4, -0.2) is 12.6 Å². The van der Waals surface area contributed by atoms with Crippen molar-refractivity contribution in [1.82, 2.24) is 0 Å². The summed E-state index contributed by atoms with van der Waals surface area (Å²) in [5, 5.41) is 3.70. The summed E-state index contributed by atoms with van der Waals surface area (Å²) in [6, 6.07) is 13.8. The number of hydrogen-bond acceptors (Lipinski definition) is 2. The van der Waals surface area contributed by atoms with Crippen LogP contribution in [0.4, 0.5) is 11.4 Å². The Balaban J connectivity index is 2.01. The smallest absolute Gasteiger partial charge is 0.294 e. The number of benzene rings is 2. The summed E-state index contributed by atoms with van der Waals surface area (Å²) in [4.78, 5) is 5.18. The Hall–Kier alpha value is -2.29. The molecule has 0 spiro atoms. The van der Waals surface area contributed by atoms with Gasteiger partial charge in [0.05, 0.1) is 12.3 Å². The quantitative estimate of drug-likeness (QED) is 0.0989. The van der Waals surface area contributed by atoms with Crippen molar-refractivity contribution in [3.63, 3.8) is 0 Å². The van der Waals surface area contributed by atoms with Gasteiger partial charge in [-0.3, -0.25) is 0 Å². The number of anilines is 1. The van der Waals surface area contributed by atoms with E-state index in [-0.39, 0.29) is 0 Å². The fourth-order valence-corrected chi connectivity index (χ4v) is 5.65. The number of para-hydroxylation sites is 2. The zero-order chi connectivity index (χ0) is 29.9. The molecule has 2 rings (SSSR count). The highest BCUT2D eigenvalue weighted by atomic mass is 16.5. The molecule has 2 aromatic rings. The van der Waals surface area contributed by atoms with Gasteiger partial charge in [0.15, 0.2) is 0 Å². The molecule has 3 heteroatoms. The first-order valence-corrected chi connectivity index (χ1v) is 17.1. The predicted octanol–water partition coefficient (Wildman–Crippen LogP) is 12.3. The SMILES string of the molecule is CCCCCCCCCCCCCCCOC(=Nc1c(CC)cccc1CC)Nc1c(C(C)C)cccc1C(C)C. The van der Waals surface area contributed by atoms with Crippen molar-refractivity contribution >= 4 is 17.4 Å². The van der Waals surface area contributed by atoms with Crippen molar-refractivity contribution in [3.05, 3.63) is 58.7 Å². The van der Waals surface area contributed by atoms with E-state index in [0.29, 0.717) is 24.5 Å². The molecular weight excluding hydrogens is 500 g/mol. The molecule has 0 saturated carbocycles. The highest BCUT2D eigenvalue weighted by Crippen LogP contribution is 2.33. The van der Waals surface area contributed by atoms with Gasteiger partial charge in [0.25, 0.3) is 6.02 Å². The fourth-order valence-electron chi connectivity index (χ4n) is 5.65. The first-order valence-electron chi connectivity index (χ1n) is 17.1. The number of ether oxygens (including phenoxy) is 1. The molecule has 0 aliphatic rings. The fraction of sp³-hybridized carbons (Fsp3) is 0.658. The molecule has 3 nitrogen and oxygen atoms in total. The minimum Gasteiger partial charge on any atom is -0.465 e. The average Bonchev–Trinajstić information content (AvgIpc) is 2.97. The Kier molecular flexibility index (Phi) is 17.5. The zero-order valence-electron chi connectivity index (χ0n) is 27.8. The Morgan fingerprint density at radius 3 is 1.51 bits per heavy atom. The normalized spacial score (nSPS) is 12.0. The second-order valence-corrected chi connectivity index (χ2v) is 12.4. The zero-order valence-corrected chi connectivity index (χ0v) is 27.8. The summed E-state index contributed by atoms with van der Waals surface area (Å²) in [6.07, 6.45) is 19.5. The van der Waals surface area contributed by atoms with Crippen LogP contribution in [0.2, 0.25) is 0 Å². The van der Waals surface area contributed by atoms with E-state index in [0.717, 1.165) is 30.6 Å². The van der Waals surface area contributed by atoms with Crippen molar-refractivity contribution in [2.75, 3.05) is 11.9 Å². The van der Waals surface area contributed by atoms with Crippen LogP contribution in [0.5, 0.6) is 0 Å². The van der Waals surface area contributed by atoms with Crippen molar-refractivity contribution in [2.24, 2.45) is 4.99 Å². The molecule has 0 aliphatic carbocycles. The second kappa shape index (κ2) is 20.6. The van der Waals surface area contributed by atoms with Gasteiger partial charge in [0, 0.05) is 5.69 Å². The molecule has 0 bridgehead atoms. The summed E-state index contributed by atoms with van der Waals surface area (Å²) in [7, 11) is 0. The Bertz CT molecular complexity index is 959. The second-order valence-electron chi connectivity index (χ2n) is 12.4. The largest absolute Gasteiger partial charge is 0.465 e. The standard InChI is InChI=1S/C38H62N2O/c1-8-11-12-13-14-15-16-17-18-19-20-21-22-29-41-38(39-36-32(9-2)25-23-26-33(36)10-3)40-37-34(30(4)5)27-24-28-35(37)31(6)7/h23-28,30-31H,8-22,29H2,1-7H3,(H,39,40). The molecule has 0 unspecified atom stereocenters. The molecular formula is C38H62N2O. The maximum Gasteiger partial charge on any atom is 0.294 e. The topological polar surface area (TPSA) is 33.6 Å². The van der Waals surface area contributed by atoms with Crippen LogP contribution in [0.3, 0.4) is 0 Å². The van der Waals surface area contributed by atoms with Gasteiger partial charge < -0.3 is 10.1 Å². The lowest BCUT2D eigenvalue weighted by molar-refractivity contribution is 0.291. The minimum atomic E-state index is 0.410. The van der Waals surface area contributed by atoms with Gasteiger partial charge in [-0.1, -0.05) is 162 Å². The van der Waals surface area contributed by atoms with Gasteiger partial charge in [0.2, 0.25) is 0 Å². The lowest BCUT2D eigenvalue weighted by Crippen LogP contribution is -2.20. The number of rotatable bonds is 20. The highest BCUT2D eigenvalue weighted by Gasteiger charge is 2.17. The maximum absolute atomic E-state index is 6.46. The van der Waals surface area contributed by atoms with E-state index in [1.54, 1.807) is 0 Å². The summed E-state index contributed by atoms with van der Waals surface area (Å²) in [5.41, 5.74) is 7.40. The Morgan fingerprint density at radius 1 is 0.634 bits per heavy atom. The number of hydrogen-bond donors (Lipinski definition) is 1. The predicted molar refractivity (Wildman–Crippen MR) is 182 cm³/mol. The van der Waals surface area contributed by atoms with Crippen molar-refractivity contribution in [1.29, 1.82) is 0 Å². The number of aryl methyl sites for hydroxylation is 2. The Morgan fingerprint density at radius 2 is 1.07 bits per heavy atom. The molecule has 41 heavy (non-hydrogen) atoms. The molecule has 0 heterocycles. The van der Waals surface area contributed by atoms with Crippen molar-refractivity contribution in [3.8, 4) is 0 Å². The Labute approximate surface area is 254 Å². The van der Waals surface area contributed by atoms with E-state index < -0.39 is 0 Å². The van der Waals surface area contributed by atoms with Crippen LogP contribution in [0.15, 0.2) is 41.4 Å². The summed E-state index contributed by atoms with van der Waals surface area (Å²) < 4.78 is 6.46. The van der Waals surface area contributed by atoms with Gasteiger partial charge in [-0.25, -0.2) is 0 Å². The maximum atomic E-state index is 6.46. The molecule has 0 amide bonds. The van der Waals surface area contributed by atoms with E-state index in [9.17, 15) is 0 Å². The van der Waals surface area contributed by atoms with E-state index in [1.165, 1.54) is 99.3 Å². The first-order chi connectivity index (χ1) is 19.9. The van der Waals surface area contributed by atoms with E-state index in [2.05, 4.69) is 90.2 Å². The van der Waals surface area contributed by atoms with E-state index >= 15 is 0 Å². The number of amidine groups is 1. The third-order valence-corrected chi connectivity index (χ3v) is 8.27. The van der Waals surface area contributed by atoms with Crippen molar-refractivity contribution < 1.29 is 4.74 Å². The molecule has 0 fully saturated rings. The van der Waals surface area contributed by atoms with Gasteiger partial charge in [-0.05, 0) is 53.4 Å². The first kappa shape index (κ1) is 34.9. The molecule has 0 radical (unpaired) electrons. The van der Waals surface area contributed by atoms with Crippen molar-refractivity contribution in [2.45, 2.75) is 157 Å². The summed E-state index contributed by atoms with van der Waals surface area (Å²) in [6.45, 7) is 16.4. The number of nitrogens with zero attached hydrogens (tertiary/aromatic N) is 1. The van der Waals surface area contributed by atoms with Gasteiger partial charge in [0.1, 0.15) is 0 Å². The van der Waals surface area contributed by atoms with Crippen LogP contribution < -0.4 is 5.32 Å². The highest BCUT2D eigenvalue weighted by molar-refractivity contribution is 5.93. The van der Waals surface area contributed by atoms with Gasteiger partial charge in [-0.2, -0.15) is 4.99 Å². The van der Waals surface area contributed by atoms with Crippen LogP contribution in [-0.2, 0) is 17.6 Å². The molecule has 2 aromatic carbocycles. The molecule has 1 N–H and O–H groups in total. The number of aliphatic imine (C=N–C) groups is 1.